The summed E-state index contributed by atoms with van der Waals surface area (Å²) in [7, 11) is 1.60. The molecule has 4 heteroatoms. The fourth-order valence-electron chi connectivity index (χ4n) is 1.43. The molecule has 0 aliphatic rings. The highest BCUT2D eigenvalue weighted by molar-refractivity contribution is 7.10. The van der Waals surface area contributed by atoms with E-state index in [1.54, 1.807) is 13.2 Å². The number of thiophene rings is 1. The van der Waals surface area contributed by atoms with Crippen molar-refractivity contribution >= 4 is 22.9 Å². The molecule has 0 aliphatic heterocycles. The smallest absolute Gasteiger partial charge is 0.129 e. The minimum Gasteiger partial charge on any atom is -0.496 e. The molecule has 0 spiro atoms. The van der Waals surface area contributed by atoms with Gasteiger partial charge in [0.2, 0.25) is 0 Å². The van der Waals surface area contributed by atoms with E-state index in [-0.39, 0.29) is 0 Å². The molecule has 0 fully saturated rings. The Hall–Kier alpha value is -1.03. The molecule has 0 bridgehead atoms. The zero-order valence-corrected chi connectivity index (χ0v) is 10.3. The molecule has 2 nitrogen and oxygen atoms in total. The fraction of sp³-hybridized carbons (Fsp3) is 0.167. The third kappa shape index (κ3) is 2.21. The third-order valence-electron chi connectivity index (χ3n) is 2.30. The second-order valence-electron chi connectivity index (χ2n) is 3.31. The molecule has 0 saturated carbocycles. The summed E-state index contributed by atoms with van der Waals surface area (Å²) in [5.74, 6) is 0.756. The zero-order valence-electron chi connectivity index (χ0n) is 8.68. The Balaban J connectivity index is 2.31. The van der Waals surface area contributed by atoms with Crippen LogP contribution in [0.15, 0.2) is 35.7 Å². The van der Waals surface area contributed by atoms with Crippen LogP contribution in [0.2, 0.25) is 5.02 Å². The minimum absolute atomic E-state index is 0.572. The van der Waals surface area contributed by atoms with E-state index in [1.165, 1.54) is 11.3 Å². The molecule has 1 unspecified atom stereocenters. The van der Waals surface area contributed by atoms with Gasteiger partial charge in [-0.25, -0.2) is 0 Å². The predicted molar refractivity (Wildman–Crippen MR) is 66.4 cm³/mol. The molecule has 1 aromatic carbocycles. The number of ether oxygens (including phenoxy) is 1. The Kier molecular flexibility index (Phi) is 3.49. The Morgan fingerprint density at radius 2 is 2.12 bits per heavy atom. The predicted octanol–water partition coefficient (Wildman–Crippen LogP) is 3.49. The van der Waals surface area contributed by atoms with Gasteiger partial charge in [-0.05, 0) is 12.1 Å². The number of hydrogen-bond acceptors (Lipinski definition) is 3. The number of halogens is 1. The summed E-state index contributed by atoms with van der Waals surface area (Å²) >= 11 is 7.48. The van der Waals surface area contributed by atoms with Gasteiger partial charge in [-0.2, -0.15) is 0 Å². The SMILES string of the molecule is COc1csc(C(O)c2ccccc2Cl)c1. The Morgan fingerprint density at radius 1 is 1.38 bits per heavy atom. The number of benzene rings is 1. The lowest BCUT2D eigenvalue weighted by molar-refractivity contribution is 0.224. The highest BCUT2D eigenvalue weighted by Gasteiger charge is 2.15. The van der Waals surface area contributed by atoms with Gasteiger partial charge in [0, 0.05) is 20.8 Å². The molecule has 1 N–H and O–H groups in total. The molecular weight excluding hydrogens is 244 g/mol. The van der Waals surface area contributed by atoms with E-state index >= 15 is 0 Å². The van der Waals surface area contributed by atoms with Crippen LogP contribution in [-0.2, 0) is 0 Å². The van der Waals surface area contributed by atoms with Gasteiger partial charge in [0.05, 0.1) is 7.11 Å². The molecule has 2 rings (SSSR count). The monoisotopic (exact) mass is 254 g/mol. The molecular formula is C12H11ClO2S. The van der Waals surface area contributed by atoms with Gasteiger partial charge >= 0.3 is 0 Å². The van der Waals surface area contributed by atoms with Crippen molar-refractivity contribution in [1.82, 2.24) is 0 Å². The molecule has 84 valence electrons. The largest absolute Gasteiger partial charge is 0.496 e. The average molecular weight is 255 g/mol. The molecule has 1 heterocycles. The summed E-state index contributed by atoms with van der Waals surface area (Å²) in [4.78, 5) is 0.824. The van der Waals surface area contributed by atoms with E-state index in [2.05, 4.69) is 0 Å². The van der Waals surface area contributed by atoms with E-state index in [0.717, 1.165) is 10.6 Å². The summed E-state index contributed by atoms with van der Waals surface area (Å²) in [5, 5.41) is 12.6. The van der Waals surface area contributed by atoms with Crippen molar-refractivity contribution in [3.05, 3.63) is 51.2 Å². The van der Waals surface area contributed by atoms with Crippen molar-refractivity contribution < 1.29 is 9.84 Å². The Morgan fingerprint density at radius 3 is 2.75 bits per heavy atom. The maximum absolute atomic E-state index is 10.2. The standard InChI is InChI=1S/C12H11ClO2S/c1-15-8-6-11(16-7-8)12(14)9-4-2-3-5-10(9)13/h2-7,12,14H,1H3. The number of aliphatic hydroxyl groups excluding tert-OH is 1. The van der Waals surface area contributed by atoms with Gasteiger partial charge in [-0.1, -0.05) is 29.8 Å². The van der Waals surface area contributed by atoms with Crippen LogP contribution in [-0.4, -0.2) is 12.2 Å². The number of rotatable bonds is 3. The van der Waals surface area contributed by atoms with Crippen molar-refractivity contribution in [2.75, 3.05) is 7.11 Å². The van der Waals surface area contributed by atoms with Crippen LogP contribution in [0.1, 0.15) is 16.5 Å². The first-order valence-electron chi connectivity index (χ1n) is 4.77. The quantitative estimate of drug-likeness (QED) is 0.909. The topological polar surface area (TPSA) is 29.5 Å². The van der Waals surface area contributed by atoms with Crippen LogP contribution in [0, 0.1) is 0 Å². The Labute approximate surface area is 103 Å². The fourth-order valence-corrected chi connectivity index (χ4v) is 2.53. The minimum atomic E-state index is -0.692. The molecule has 1 aromatic heterocycles. The van der Waals surface area contributed by atoms with Crippen LogP contribution < -0.4 is 4.74 Å². The first kappa shape index (κ1) is 11.5. The van der Waals surface area contributed by atoms with E-state index in [1.807, 2.05) is 29.6 Å². The van der Waals surface area contributed by atoms with Crippen LogP contribution in [0.25, 0.3) is 0 Å². The van der Waals surface area contributed by atoms with Gasteiger partial charge in [0.1, 0.15) is 11.9 Å². The van der Waals surface area contributed by atoms with E-state index in [4.69, 9.17) is 16.3 Å². The first-order valence-corrected chi connectivity index (χ1v) is 6.03. The molecule has 0 saturated heterocycles. The summed E-state index contributed by atoms with van der Waals surface area (Å²) in [6, 6.07) is 9.10. The molecule has 0 aliphatic carbocycles. The number of aliphatic hydroxyl groups is 1. The van der Waals surface area contributed by atoms with Crippen molar-refractivity contribution in [3.8, 4) is 5.75 Å². The second-order valence-corrected chi connectivity index (χ2v) is 4.66. The average Bonchev–Trinajstić information content (AvgIpc) is 2.77. The first-order chi connectivity index (χ1) is 7.72. The highest BCUT2D eigenvalue weighted by Crippen LogP contribution is 2.33. The van der Waals surface area contributed by atoms with E-state index in [0.29, 0.717) is 10.6 Å². The number of hydrogen-bond donors (Lipinski definition) is 1. The second kappa shape index (κ2) is 4.87. The van der Waals surface area contributed by atoms with E-state index in [9.17, 15) is 5.11 Å². The summed E-state index contributed by atoms with van der Waals surface area (Å²) in [5.41, 5.74) is 0.716. The Bertz CT molecular complexity index is 481. The van der Waals surface area contributed by atoms with Gasteiger partial charge in [0.25, 0.3) is 0 Å². The normalized spacial score (nSPS) is 12.4. The van der Waals surface area contributed by atoms with Gasteiger partial charge in [-0.3, -0.25) is 0 Å². The summed E-state index contributed by atoms with van der Waals surface area (Å²) in [6.45, 7) is 0. The lowest BCUT2D eigenvalue weighted by Crippen LogP contribution is -1.97. The van der Waals surface area contributed by atoms with Gasteiger partial charge in [-0.15, -0.1) is 11.3 Å². The van der Waals surface area contributed by atoms with Gasteiger partial charge in [0.15, 0.2) is 0 Å². The molecule has 2 aromatic rings. The third-order valence-corrected chi connectivity index (χ3v) is 3.61. The zero-order chi connectivity index (χ0) is 11.5. The molecule has 0 radical (unpaired) electrons. The lowest BCUT2D eigenvalue weighted by Gasteiger charge is -2.10. The lowest BCUT2D eigenvalue weighted by atomic mass is 10.1. The van der Waals surface area contributed by atoms with Crippen molar-refractivity contribution in [2.45, 2.75) is 6.10 Å². The maximum atomic E-state index is 10.2. The van der Waals surface area contributed by atoms with Crippen LogP contribution in [0.5, 0.6) is 5.75 Å². The molecule has 1 atom stereocenters. The maximum Gasteiger partial charge on any atom is 0.129 e. The van der Waals surface area contributed by atoms with Crippen molar-refractivity contribution in [1.29, 1.82) is 0 Å². The van der Waals surface area contributed by atoms with Gasteiger partial charge < -0.3 is 9.84 Å². The van der Waals surface area contributed by atoms with E-state index < -0.39 is 6.10 Å². The summed E-state index contributed by atoms with van der Waals surface area (Å²) < 4.78 is 5.08. The highest BCUT2D eigenvalue weighted by atomic mass is 35.5. The van der Waals surface area contributed by atoms with Crippen molar-refractivity contribution in [2.24, 2.45) is 0 Å². The van der Waals surface area contributed by atoms with Crippen LogP contribution in [0.3, 0.4) is 0 Å². The van der Waals surface area contributed by atoms with Crippen molar-refractivity contribution in [3.63, 3.8) is 0 Å². The number of methoxy groups -OCH3 is 1. The molecule has 0 amide bonds. The summed E-state index contributed by atoms with van der Waals surface area (Å²) in [6.07, 6.45) is -0.692. The van der Waals surface area contributed by atoms with Crippen LogP contribution >= 0.6 is 22.9 Å². The van der Waals surface area contributed by atoms with Crippen LogP contribution in [0.4, 0.5) is 0 Å². The molecule has 16 heavy (non-hydrogen) atoms.